The molecule has 1 aromatic heterocycles. The fourth-order valence-electron chi connectivity index (χ4n) is 1.73. The molecule has 0 aliphatic heterocycles. The third-order valence-electron chi connectivity index (χ3n) is 2.76. The molecular formula is C14H15N2O2S. The Morgan fingerprint density at radius 1 is 1.21 bits per heavy atom. The van der Waals surface area contributed by atoms with Crippen molar-refractivity contribution in [2.24, 2.45) is 0 Å². The average Bonchev–Trinajstić information content (AvgIpc) is 2.46. The Balaban J connectivity index is 2.27. The van der Waals surface area contributed by atoms with Gasteiger partial charge in [0, 0.05) is 31.5 Å². The molecule has 0 N–H and O–H groups in total. The first kappa shape index (κ1) is 13.7. The molecule has 2 aromatic rings. The van der Waals surface area contributed by atoms with Gasteiger partial charge in [0.15, 0.2) is 0 Å². The highest BCUT2D eigenvalue weighted by Crippen LogP contribution is 2.17. The predicted octanol–water partition coefficient (Wildman–Crippen LogP) is 2.09. The summed E-state index contributed by atoms with van der Waals surface area (Å²) in [5, 5.41) is 0. The van der Waals surface area contributed by atoms with Gasteiger partial charge in [-0.15, -0.1) is 0 Å². The molecule has 0 spiro atoms. The Labute approximate surface area is 113 Å². The molecule has 19 heavy (non-hydrogen) atoms. The first-order chi connectivity index (χ1) is 9.14. The summed E-state index contributed by atoms with van der Waals surface area (Å²) in [5.41, 5.74) is 0.913. The summed E-state index contributed by atoms with van der Waals surface area (Å²) in [7, 11) is -3.49. The molecule has 0 fully saturated rings. The molecular weight excluding hydrogens is 260 g/mol. The Morgan fingerprint density at radius 3 is 2.53 bits per heavy atom. The maximum atomic E-state index is 12.4. The van der Waals surface area contributed by atoms with Gasteiger partial charge in [-0.3, -0.25) is 4.98 Å². The highest BCUT2D eigenvalue weighted by molar-refractivity contribution is 7.89. The number of hydrogen-bond acceptors (Lipinski definition) is 3. The second kappa shape index (κ2) is 5.95. The SMILES string of the molecule is CCN(Cc1ccncc1)S(=O)(=O)c1[c]cccc1. The van der Waals surface area contributed by atoms with Crippen LogP contribution in [0.4, 0.5) is 0 Å². The lowest BCUT2D eigenvalue weighted by atomic mass is 10.3. The molecule has 1 radical (unpaired) electrons. The summed E-state index contributed by atoms with van der Waals surface area (Å²) >= 11 is 0. The van der Waals surface area contributed by atoms with Crippen LogP contribution >= 0.6 is 0 Å². The van der Waals surface area contributed by atoms with E-state index in [0.717, 1.165) is 5.56 Å². The lowest BCUT2D eigenvalue weighted by Gasteiger charge is -2.20. The van der Waals surface area contributed by atoms with Crippen LogP contribution in [0.5, 0.6) is 0 Å². The summed E-state index contributed by atoms with van der Waals surface area (Å²) in [4.78, 5) is 4.12. The molecule has 0 atom stereocenters. The summed E-state index contributed by atoms with van der Waals surface area (Å²) in [6, 6.07) is 13.0. The van der Waals surface area contributed by atoms with Gasteiger partial charge in [-0.2, -0.15) is 4.31 Å². The number of nitrogens with zero attached hydrogens (tertiary/aromatic N) is 2. The molecule has 99 valence electrons. The number of pyridine rings is 1. The van der Waals surface area contributed by atoms with Gasteiger partial charge in [0.2, 0.25) is 10.0 Å². The van der Waals surface area contributed by atoms with E-state index in [9.17, 15) is 8.42 Å². The van der Waals surface area contributed by atoms with Gasteiger partial charge in [-0.1, -0.05) is 25.1 Å². The third kappa shape index (κ3) is 3.19. The van der Waals surface area contributed by atoms with E-state index in [1.54, 1.807) is 36.7 Å². The number of rotatable bonds is 5. The molecule has 0 aliphatic rings. The Bertz CT molecular complexity index is 612. The van der Waals surface area contributed by atoms with Gasteiger partial charge in [0.25, 0.3) is 0 Å². The topological polar surface area (TPSA) is 50.3 Å². The zero-order valence-corrected chi connectivity index (χ0v) is 11.5. The first-order valence-corrected chi connectivity index (χ1v) is 7.44. The van der Waals surface area contributed by atoms with Crippen molar-refractivity contribution >= 4 is 10.0 Å². The average molecular weight is 275 g/mol. The fourth-order valence-corrected chi connectivity index (χ4v) is 3.14. The van der Waals surface area contributed by atoms with Gasteiger partial charge in [-0.25, -0.2) is 8.42 Å². The quantitative estimate of drug-likeness (QED) is 0.839. The molecule has 1 aromatic carbocycles. The van der Waals surface area contributed by atoms with Crippen molar-refractivity contribution in [2.75, 3.05) is 6.54 Å². The summed E-state index contributed by atoms with van der Waals surface area (Å²) in [5.74, 6) is 0. The third-order valence-corrected chi connectivity index (χ3v) is 4.64. The summed E-state index contributed by atoms with van der Waals surface area (Å²) in [6.45, 7) is 2.57. The standard InChI is InChI=1S/C14H15N2O2S/c1-2-16(12-13-8-10-15-11-9-13)19(17,18)14-6-4-3-5-7-14/h3-6,8-11H,2,12H2,1H3. The van der Waals surface area contributed by atoms with E-state index in [2.05, 4.69) is 11.1 Å². The fraction of sp³-hybridized carbons (Fsp3) is 0.214. The molecule has 1 heterocycles. The van der Waals surface area contributed by atoms with E-state index in [-0.39, 0.29) is 4.90 Å². The minimum absolute atomic E-state index is 0.200. The molecule has 0 saturated heterocycles. The number of hydrogen-bond donors (Lipinski definition) is 0. The van der Waals surface area contributed by atoms with Crippen molar-refractivity contribution < 1.29 is 8.42 Å². The van der Waals surface area contributed by atoms with Gasteiger partial charge in [0.05, 0.1) is 4.90 Å². The second-order valence-corrected chi connectivity index (χ2v) is 5.92. The second-order valence-electron chi connectivity index (χ2n) is 4.01. The monoisotopic (exact) mass is 275 g/mol. The smallest absolute Gasteiger partial charge is 0.243 e. The molecule has 4 nitrogen and oxygen atoms in total. The van der Waals surface area contributed by atoms with Crippen molar-refractivity contribution in [3.63, 3.8) is 0 Å². The maximum Gasteiger partial charge on any atom is 0.243 e. The van der Waals surface area contributed by atoms with Gasteiger partial charge >= 0.3 is 0 Å². The van der Waals surface area contributed by atoms with Crippen LogP contribution in [0.3, 0.4) is 0 Å². The van der Waals surface area contributed by atoms with Crippen molar-refractivity contribution in [2.45, 2.75) is 18.4 Å². The number of sulfonamides is 1. The highest BCUT2D eigenvalue weighted by atomic mass is 32.2. The largest absolute Gasteiger partial charge is 0.265 e. The van der Waals surface area contributed by atoms with Gasteiger partial charge in [0.1, 0.15) is 0 Å². The van der Waals surface area contributed by atoms with Gasteiger partial charge < -0.3 is 0 Å². The van der Waals surface area contributed by atoms with Crippen LogP contribution in [0.2, 0.25) is 0 Å². The number of aromatic nitrogens is 1. The van der Waals surface area contributed by atoms with Crippen molar-refractivity contribution in [3.8, 4) is 0 Å². The van der Waals surface area contributed by atoms with E-state index in [4.69, 9.17) is 0 Å². The van der Waals surface area contributed by atoms with Gasteiger partial charge in [-0.05, 0) is 23.8 Å². The molecule has 0 aliphatic carbocycles. The van der Waals surface area contributed by atoms with Crippen LogP contribution in [-0.4, -0.2) is 24.3 Å². The minimum atomic E-state index is -3.49. The first-order valence-electron chi connectivity index (χ1n) is 6.00. The zero-order chi connectivity index (χ0) is 13.7. The summed E-state index contributed by atoms with van der Waals surface area (Å²) < 4.78 is 26.3. The number of benzene rings is 1. The van der Waals surface area contributed by atoms with Crippen LogP contribution in [0, 0.1) is 6.07 Å². The minimum Gasteiger partial charge on any atom is -0.265 e. The van der Waals surface area contributed by atoms with Crippen molar-refractivity contribution in [1.29, 1.82) is 0 Å². The molecule has 0 amide bonds. The van der Waals surface area contributed by atoms with Crippen LogP contribution in [0.25, 0.3) is 0 Å². The summed E-state index contributed by atoms with van der Waals surface area (Å²) in [6.07, 6.45) is 3.31. The van der Waals surface area contributed by atoms with E-state index < -0.39 is 10.0 Å². The maximum absolute atomic E-state index is 12.4. The molecule has 0 bridgehead atoms. The van der Waals surface area contributed by atoms with Crippen LogP contribution in [0.15, 0.2) is 53.7 Å². The molecule has 0 unspecified atom stereocenters. The van der Waals surface area contributed by atoms with Crippen LogP contribution in [0.1, 0.15) is 12.5 Å². The van der Waals surface area contributed by atoms with E-state index in [1.165, 1.54) is 4.31 Å². The van der Waals surface area contributed by atoms with E-state index >= 15 is 0 Å². The predicted molar refractivity (Wildman–Crippen MR) is 72.8 cm³/mol. The zero-order valence-electron chi connectivity index (χ0n) is 10.7. The Morgan fingerprint density at radius 2 is 1.95 bits per heavy atom. The highest BCUT2D eigenvalue weighted by Gasteiger charge is 2.22. The Hall–Kier alpha value is -1.72. The van der Waals surface area contributed by atoms with Crippen LogP contribution in [-0.2, 0) is 16.6 Å². The molecule has 5 heteroatoms. The van der Waals surface area contributed by atoms with E-state index in [0.29, 0.717) is 13.1 Å². The van der Waals surface area contributed by atoms with Crippen LogP contribution < -0.4 is 0 Å². The Kier molecular flexibility index (Phi) is 4.29. The normalized spacial score (nSPS) is 11.7. The van der Waals surface area contributed by atoms with E-state index in [1.807, 2.05) is 19.1 Å². The molecule has 0 saturated carbocycles. The lowest BCUT2D eigenvalue weighted by Crippen LogP contribution is -2.30. The van der Waals surface area contributed by atoms with Crippen molar-refractivity contribution in [3.05, 3.63) is 60.4 Å². The van der Waals surface area contributed by atoms with Crippen molar-refractivity contribution in [1.82, 2.24) is 9.29 Å². The lowest BCUT2D eigenvalue weighted by molar-refractivity contribution is 0.423. The molecule has 2 rings (SSSR count).